The number of ether oxygens (including phenoxy) is 1. The zero-order valence-electron chi connectivity index (χ0n) is 19.4. The van der Waals surface area contributed by atoms with E-state index < -0.39 is 0 Å². The van der Waals surface area contributed by atoms with Crippen LogP contribution in [-0.2, 0) is 6.54 Å². The number of hydrogen-bond acceptors (Lipinski definition) is 3. The first-order valence-corrected chi connectivity index (χ1v) is 12.6. The minimum atomic E-state index is 0.244. The second-order valence-corrected chi connectivity index (χ2v) is 9.44. The summed E-state index contributed by atoms with van der Waals surface area (Å²) in [6, 6.07) is 23.8. The summed E-state index contributed by atoms with van der Waals surface area (Å²) in [5.41, 5.74) is 4.21. The van der Waals surface area contributed by atoms with E-state index in [1.54, 1.807) is 12.1 Å². The molecule has 1 N–H and O–H groups in total. The Kier molecular flexibility index (Phi) is 7.08. The van der Waals surface area contributed by atoms with Gasteiger partial charge in [-0.2, -0.15) is 0 Å². The summed E-state index contributed by atoms with van der Waals surface area (Å²) in [6.07, 6.45) is 5.32. The Labute approximate surface area is 206 Å². The fraction of sp³-hybridized carbons (Fsp3) is 0.310. The lowest BCUT2D eigenvalue weighted by atomic mass is 10.1. The van der Waals surface area contributed by atoms with Gasteiger partial charge in [-0.3, -0.25) is 4.90 Å². The number of phenolic OH excluding ortho intramolecular Hbond substituents is 1. The topological polar surface area (TPSA) is 37.6 Å². The van der Waals surface area contributed by atoms with Crippen LogP contribution in [-0.4, -0.2) is 40.8 Å². The van der Waals surface area contributed by atoms with E-state index in [9.17, 15) is 5.11 Å². The van der Waals surface area contributed by atoms with Gasteiger partial charge in [0.05, 0.1) is 16.2 Å². The fourth-order valence-corrected chi connectivity index (χ4v) is 5.22. The third kappa shape index (κ3) is 5.08. The molecule has 1 aromatic heterocycles. The Morgan fingerprint density at radius 2 is 1.53 bits per heavy atom. The Balaban J connectivity index is 1.33. The Morgan fingerprint density at radius 1 is 0.824 bits per heavy atom. The molecule has 5 heteroatoms. The maximum Gasteiger partial charge on any atom is 0.119 e. The SMILES string of the molecule is Oc1ccc(-c2c(Cl)c3ccccc3n2Cc2ccc(OCCN3CCCCCC3)cc2)cc1. The van der Waals surface area contributed by atoms with E-state index in [0.29, 0.717) is 6.54 Å². The van der Waals surface area contributed by atoms with Gasteiger partial charge in [0, 0.05) is 18.5 Å². The van der Waals surface area contributed by atoms with Crippen molar-refractivity contribution in [3.8, 4) is 22.8 Å². The van der Waals surface area contributed by atoms with Gasteiger partial charge in [-0.1, -0.05) is 54.8 Å². The number of nitrogens with zero attached hydrogens (tertiary/aromatic N) is 2. The molecule has 3 aromatic carbocycles. The molecule has 0 radical (unpaired) electrons. The molecule has 0 spiro atoms. The lowest BCUT2D eigenvalue weighted by molar-refractivity contribution is 0.214. The molecule has 0 unspecified atom stereocenters. The summed E-state index contributed by atoms with van der Waals surface area (Å²) < 4.78 is 8.29. The van der Waals surface area contributed by atoms with Crippen LogP contribution in [0.4, 0.5) is 0 Å². The van der Waals surface area contributed by atoms with Crippen molar-refractivity contribution < 1.29 is 9.84 Å². The number of para-hydroxylation sites is 1. The lowest BCUT2D eigenvalue weighted by Gasteiger charge is -2.19. The van der Waals surface area contributed by atoms with Crippen LogP contribution in [0.25, 0.3) is 22.2 Å². The average Bonchev–Trinajstić information content (AvgIpc) is 3.00. The smallest absolute Gasteiger partial charge is 0.119 e. The van der Waals surface area contributed by atoms with Gasteiger partial charge in [-0.05, 0) is 79.5 Å². The van der Waals surface area contributed by atoms with E-state index in [2.05, 4.69) is 45.9 Å². The molecule has 5 rings (SSSR count). The summed E-state index contributed by atoms with van der Waals surface area (Å²) in [5.74, 6) is 1.15. The highest BCUT2D eigenvalue weighted by atomic mass is 35.5. The number of aromatic nitrogens is 1. The molecular formula is C29H31ClN2O2. The lowest BCUT2D eigenvalue weighted by Crippen LogP contribution is -2.29. The zero-order valence-corrected chi connectivity index (χ0v) is 20.2. The molecule has 0 amide bonds. The number of likely N-dealkylation sites (tertiary alicyclic amines) is 1. The standard InChI is InChI=1S/C29H31ClN2O2/c30-28-26-7-3-4-8-27(26)32(29(28)23-11-13-24(33)14-12-23)21-22-9-15-25(16-10-22)34-20-19-31-17-5-1-2-6-18-31/h3-4,7-16,33H,1-2,5-6,17-21H2. The monoisotopic (exact) mass is 474 g/mol. The molecule has 4 aromatic rings. The van der Waals surface area contributed by atoms with Crippen molar-refractivity contribution in [2.45, 2.75) is 32.2 Å². The first-order valence-electron chi connectivity index (χ1n) is 12.2. The number of halogens is 1. The van der Waals surface area contributed by atoms with Crippen LogP contribution in [0.5, 0.6) is 11.5 Å². The number of rotatable bonds is 7. The van der Waals surface area contributed by atoms with Crippen molar-refractivity contribution in [3.05, 3.63) is 83.4 Å². The number of aromatic hydroxyl groups is 1. The van der Waals surface area contributed by atoms with Crippen molar-refractivity contribution in [1.82, 2.24) is 9.47 Å². The van der Waals surface area contributed by atoms with Gasteiger partial charge in [-0.25, -0.2) is 0 Å². The predicted molar refractivity (Wildman–Crippen MR) is 140 cm³/mol. The molecular weight excluding hydrogens is 444 g/mol. The van der Waals surface area contributed by atoms with Crippen LogP contribution < -0.4 is 4.74 Å². The molecule has 1 saturated heterocycles. The summed E-state index contributed by atoms with van der Waals surface area (Å²) in [7, 11) is 0. The van der Waals surface area contributed by atoms with E-state index in [1.165, 1.54) is 44.3 Å². The molecule has 4 nitrogen and oxygen atoms in total. The molecule has 34 heavy (non-hydrogen) atoms. The van der Waals surface area contributed by atoms with Crippen molar-refractivity contribution >= 4 is 22.5 Å². The summed E-state index contributed by atoms with van der Waals surface area (Å²) in [4.78, 5) is 2.52. The zero-order chi connectivity index (χ0) is 23.3. The highest BCUT2D eigenvalue weighted by Crippen LogP contribution is 2.38. The van der Waals surface area contributed by atoms with Crippen LogP contribution >= 0.6 is 11.6 Å². The number of phenols is 1. The van der Waals surface area contributed by atoms with Gasteiger partial charge in [0.1, 0.15) is 18.1 Å². The maximum atomic E-state index is 9.74. The van der Waals surface area contributed by atoms with Crippen molar-refractivity contribution in [2.24, 2.45) is 0 Å². The number of benzene rings is 3. The molecule has 1 aliphatic rings. The van der Waals surface area contributed by atoms with Crippen molar-refractivity contribution in [1.29, 1.82) is 0 Å². The molecule has 0 aliphatic carbocycles. The average molecular weight is 475 g/mol. The first-order chi connectivity index (χ1) is 16.7. The van der Waals surface area contributed by atoms with Crippen molar-refractivity contribution in [3.63, 3.8) is 0 Å². The number of fused-ring (bicyclic) bond motifs is 1. The van der Waals surface area contributed by atoms with Gasteiger partial charge in [0.25, 0.3) is 0 Å². The normalized spacial score (nSPS) is 14.9. The molecule has 2 heterocycles. The van der Waals surface area contributed by atoms with Crippen LogP contribution in [0.2, 0.25) is 5.02 Å². The van der Waals surface area contributed by atoms with E-state index in [4.69, 9.17) is 16.3 Å². The van der Waals surface area contributed by atoms with Gasteiger partial charge < -0.3 is 14.4 Å². The van der Waals surface area contributed by atoms with Crippen LogP contribution in [0.15, 0.2) is 72.8 Å². The summed E-state index contributed by atoms with van der Waals surface area (Å²) in [5, 5.41) is 11.5. The minimum Gasteiger partial charge on any atom is -0.508 e. The Hall–Kier alpha value is -2.95. The summed E-state index contributed by atoms with van der Waals surface area (Å²) >= 11 is 6.85. The van der Waals surface area contributed by atoms with Gasteiger partial charge in [-0.15, -0.1) is 0 Å². The Morgan fingerprint density at radius 3 is 2.26 bits per heavy atom. The second-order valence-electron chi connectivity index (χ2n) is 9.06. The van der Waals surface area contributed by atoms with E-state index in [0.717, 1.165) is 46.1 Å². The van der Waals surface area contributed by atoms with Crippen LogP contribution in [0.3, 0.4) is 0 Å². The van der Waals surface area contributed by atoms with Gasteiger partial charge >= 0.3 is 0 Å². The largest absolute Gasteiger partial charge is 0.508 e. The predicted octanol–water partition coefficient (Wildman–Crippen LogP) is 6.97. The summed E-state index contributed by atoms with van der Waals surface area (Å²) in [6.45, 7) is 4.80. The first kappa shape index (κ1) is 22.8. The molecule has 0 bridgehead atoms. The molecule has 1 fully saturated rings. The van der Waals surface area contributed by atoms with Gasteiger partial charge in [0.15, 0.2) is 0 Å². The number of hydrogen-bond donors (Lipinski definition) is 1. The third-order valence-corrected chi connectivity index (χ3v) is 7.07. The van der Waals surface area contributed by atoms with E-state index >= 15 is 0 Å². The fourth-order valence-electron chi connectivity index (χ4n) is 4.85. The quantitative estimate of drug-likeness (QED) is 0.314. The maximum absolute atomic E-state index is 9.74. The van der Waals surface area contributed by atoms with Crippen molar-refractivity contribution in [2.75, 3.05) is 26.2 Å². The van der Waals surface area contributed by atoms with Crippen LogP contribution in [0.1, 0.15) is 31.2 Å². The molecule has 176 valence electrons. The second kappa shape index (κ2) is 10.5. The Bertz CT molecular complexity index is 1220. The van der Waals surface area contributed by atoms with E-state index in [1.807, 2.05) is 24.3 Å². The van der Waals surface area contributed by atoms with Crippen LogP contribution in [0, 0.1) is 0 Å². The molecule has 0 saturated carbocycles. The minimum absolute atomic E-state index is 0.244. The molecule has 1 aliphatic heterocycles. The van der Waals surface area contributed by atoms with Gasteiger partial charge in [0.2, 0.25) is 0 Å². The van der Waals surface area contributed by atoms with E-state index in [-0.39, 0.29) is 5.75 Å². The highest BCUT2D eigenvalue weighted by molar-refractivity contribution is 6.38. The molecule has 0 atom stereocenters. The third-order valence-electron chi connectivity index (χ3n) is 6.69. The highest BCUT2D eigenvalue weighted by Gasteiger charge is 2.17.